The van der Waals surface area contributed by atoms with Crippen LogP contribution in [0.25, 0.3) is 22.4 Å². The van der Waals surface area contributed by atoms with Gasteiger partial charge in [0.05, 0.1) is 21.9 Å². The van der Waals surface area contributed by atoms with Crippen LogP contribution in [-0.4, -0.2) is 21.4 Å². The van der Waals surface area contributed by atoms with Crippen molar-refractivity contribution < 1.29 is 4.74 Å². The fourth-order valence-corrected chi connectivity index (χ4v) is 3.59. The zero-order valence-corrected chi connectivity index (χ0v) is 15.0. The summed E-state index contributed by atoms with van der Waals surface area (Å²) in [5, 5.41) is 5.68. The van der Waals surface area contributed by atoms with E-state index < -0.39 is 0 Å². The van der Waals surface area contributed by atoms with Crippen LogP contribution in [-0.2, 0) is 4.74 Å². The number of nitrogens with zero attached hydrogens (tertiary/aromatic N) is 3. The van der Waals surface area contributed by atoms with Crippen molar-refractivity contribution in [2.24, 2.45) is 0 Å². The molecular formula is C19H17Cl2N3O. The molecule has 128 valence electrons. The van der Waals surface area contributed by atoms with Crippen LogP contribution in [0.4, 0.5) is 0 Å². The second kappa shape index (κ2) is 7.16. The maximum atomic E-state index is 6.53. The minimum atomic E-state index is -0.0885. The van der Waals surface area contributed by atoms with Crippen molar-refractivity contribution in [2.75, 3.05) is 6.61 Å². The first-order valence-corrected chi connectivity index (χ1v) is 9.05. The number of aromatic nitrogens is 3. The lowest BCUT2D eigenvalue weighted by Gasteiger charge is -2.25. The Morgan fingerprint density at radius 3 is 2.64 bits per heavy atom. The minimum Gasteiger partial charge on any atom is -0.356 e. The SMILES string of the molecule is Clc1cccc(-c2c(-c3ccncc3)cnn2C2CCCCO2)c1Cl. The van der Waals surface area contributed by atoms with Gasteiger partial charge in [-0.05, 0) is 43.0 Å². The van der Waals surface area contributed by atoms with Crippen molar-refractivity contribution in [3.63, 3.8) is 0 Å². The molecule has 1 unspecified atom stereocenters. The summed E-state index contributed by atoms with van der Waals surface area (Å²) in [5.41, 5.74) is 3.79. The van der Waals surface area contributed by atoms with Gasteiger partial charge in [-0.2, -0.15) is 5.10 Å². The van der Waals surface area contributed by atoms with Crippen LogP contribution in [0, 0.1) is 0 Å². The van der Waals surface area contributed by atoms with Gasteiger partial charge in [0.25, 0.3) is 0 Å². The van der Waals surface area contributed by atoms with Crippen molar-refractivity contribution in [3.05, 3.63) is 59.0 Å². The first kappa shape index (κ1) is 16.6. The minimum absolute atomic E-state index is 0.0885. The van der Waals surface area contributed by atoms with E-state index in [9.17, 15) is 0 Å². The average molecular weight is 374 g/mol. The fraction of sp³-hybridized carbons (Fsp3) is 0.263. The quantitative estimate of drug-likeness (QED) is 0.598. The van der Waals surface area contributed by atoms with Gasteiger partial charge in [0.2, 0.25) is 0 Å². The van der Waals surface area contributed by atoms with E-state index in [1.54, 1.807) is 18.5 Å². The molecule has 1 fully saturated rings. The Bertz CT molecular complexity index is 874. The maximum Gasteiger partial charge on any atom is 0.150 e. The highest BCUT2D eigenvalue weighted by Gasteiger charge is 2.24. The predicted molar refractivity (Wildman–Crippen MR) is 99.8 cm³/mol. The van der Waals surface area contributed by atoms with E-state index in [4.69, 9.17) is 27.9 Å². The molecule has 1 saturated heterocycles. The van der Waals surface area contributed by atoms with E-state index in [1.807, 2.05) is 35.1 Å². The highest BCUT2D eigenvalue weighted by molar-refractivity contribution is 6.43. The second-order valence-corrected chi connectivity index (χ2v) is 6.80. The molecule has 2 aromatic heterocycles. The topological polar surface area (TPSA) is 39.9 Å². The number of pyridine rings is 1. The Kier molecular flexibility index (Phi) is 4.75. The normalized spacial score (nSPS) is 17.6. The Hall–Kier alpha value is -1.88. The van der Waals surface area contributed by atoms with E-state index in [0.29, 0.717) is 10.0 Å². The zero-order valence-electron chi connectivity index (χ0n) is 13.5. The van der Waals surface area contributed by atoms with Crippen molar-refractivity contribution in [1.29, 1.82) is 0 Å². The molecule has 3 heterocycles. The smallest absolute Gasteiger partial charge is 0.150 e. The summed E-state index contributed by atoms with van der Waals surface area (Å²) in [5.74, 6) is 0. The third-order valence-corrected chi connectivity index (χ3v) is 5.24. The Labute approximate surface area is 156 Å². The molecule has 0 spiro atoms. The van der Waals surface area contributed by atoms with E-state index in [-0.39, 0.29) is 6.23 Å². The monoisotopic (exact) mass is 373 g/mol. The van der Waals surface area contributed by atoms with Crippen LogP contribution in [0.3, 0.4) is 0 Å². The Balaban J connectivity index is 1.92. The largest absolute Gasteiger partial charge is 0.356 e. The molecule has 1 atom stereocenters. The number of hydrogen-bond donors (Lipinski definition) is 0. The first-order valence-electron chi connectivity index (χ1n) is 8.29. The van der Waals surface area contributed by atoms with E-state index >= 15 is 0 Å². The molecule has 4 rings (SSSR count). The standard InChI is InChI=1S/C19H17Cl2N3O/c20-16-5-3-4-14(18(16)21)19-15(13-7-9-22-10-8-13)12-23-24(19)17-6-1-2-11-25-17/h3-5,7-10,12,17H,1-2,6,11H2. The molecule has 1 aromatic carbocycles. The molecule has 3 aromatic rings. The number of ether oxygens (including phenoxy) is 1. The summed E-state index contributed by atoms with van der Waals surface area (Å²) >= 11 is 12.8. The average Bonchev–Trinajstić information content (AvgIpc) is 3.10. The van der Waals surface area contributed by atoms with Crippen molar-refractivity contribution in [1.82, 2.24) is 14.8 Å². The molecule has 1 aliphatic rings. The van der Waals surface area contributed by atoms with Crippen LogP contribution >= 0.6 is 23.2 Å². The van der Waals surface area contributed by atoms with Gasteiger partial charge in [0, 0.05) is 30.1 Å². The van der Waals surface area contributed by atoms with Gasteiger partial charge < -0.3 is 4.74 Å². The molecule has 0 N–H and O–H groups in total. The summed E-state index contributed by atoms with van der Waals surface area (Å²) in [6.07, 6.45) is 8.46. The lowest BCUT2D eigenvalue weighted by atomic mass is 10.0. The Morgan fingerprint density at radius 1 is 1.04 bits per heavy atom. The molecule has 0 bridgehead atoms. The van der Waals surface area contributed by atoms with E-state index in [1.165, 1.54) is 0 Å². The number of rotatable bonds is 3. The summed E-state index contributed by atoms with van der Waals surface area (Å²) in [4.78, 5) is 4.10. The van der Waals surface area contributed by atoms with Crippen LogP contribution in [0.1, 0.15) is 25.5 Å². The molecular weight excluding hydrogens is 357 g/mol. The molecule has 0 radical (unpaired) electrons. The third-order valence-electron chi connectivity index (χ3n) is 4.42. The summed E-state index contributed by atoms with van der Waals surface area (Å²) < 4.78 is 7.89. The second-order valence-electron chi connectivity index (χ2n) is 6.01. The van der Waals surface area contributed by atoms with Crippen LogP contribution < -0.4 is 0 Å². The van der Waals surface area contributed by atoms with Gasteiger partial charge in [0.1, 0.15) is 0 Å². The number of hydrogen-bond acceptors (Lipinski definition) is 3. The summed E-state index contributed by atoms with van der Waals surface area (Å²) in [7, 11) is 0. The highest BCUT2D eigenvalue weighted by atomic mass is 35.5. The molecule has 25 heavy (non-hydrogen) atoms. The molecule has 0 saturated carbocycles. The zero-order chi connectivity index (χ0) is 17.2. The van der Waals surface area contributed by atoms with Gasteiger partial charge in [-0.15, -0.1) is 0 Å². The molecule has 0 aliphatic carbocycles. The van der Waals surface area contributed by atoms with Crippen molar-refractivity contribution >= 4 is 23.2 Å². The Morgan fingerprint density at radius 2 is 1.88 bits per heavy atom. The highest BCUT2D eigenvalue weighted by Crippen LogP contribution is 2.41. The van der Waals surface area contributed by atoms with Gasteiger partial charge in [-0.25, -0.2) is 4.68 Å². The molecule has 0 amide bonds. The van der Waals surface area contributed by atoms with Gasteiger partial charge in [-0.3, -0.25) is 4.98 Å². The third kappa shape index (κ3) is 3.17. The first-order chi connectivity index (χ1) is 12.3. The van der Waals surface area contributed by atoms with Crippen molar-refractivity contribution in [3.8, 4) is 22.4 Å². The molecule has 6 heteroatoms. The van der Waals surface area contributed by atoms with Gasteiger partial charge in [-0.1, -0.05) is 35.3 Å². The van der Waals surface area contributed by atoms with Crippen molar-refractivity contribution in [2.45, 2.75) is 25.5 Å². The van der Waals surface area contributed by atoms with Crippen LogP contribution in [0.2, 0.25) is 10.0 Å². The van der Waals surface area contributed by atoms with Gasteiger partial charge in [0.15, 0.2) is 6.23 Å². The summed E-state index contributed by atoms with van der Waals surface area (Å²) in [6, 6.07) is 9.58. The van der Waals surface area contributed by atoms with Crippen LogP contribution in [0.15, 0.2) is 48.9 Å². The lowest BCUT2D eigenvalue weighted by Crippen LogP contribution is -2.20. The lowest BCUT2D eigenvalue weighted by molar-refractivity contribution is -0.0383. The number of benzene rings is 1. The van der Waals surface area contributed by atoms with E-state index in [0.717, 1.165) is 48.3 Å². The molecule has 1 aliphatic heterocycles. The van der Waals surface area contributed by atoms with Crippen LogP contribution in [0.5, 0.6) is 0 Å². The molecule has 4 nitrogen and oxygen atoms in total. The van der Waals surface area contributed by atoms with Gasteiger partial charge >= 0.3 is 0 Å². The van der Waals surface area contributed by atoms with E-state index in [2.05, 4.69) is 10.1 Å². The summed E-state index contributed by atoms with van der Waals surface area (Å²) in [6.45, 7) is 0.748. The fourth-order valence-electron chi connectivity index (χ4n) is 3.20. The maximum absolute atomic E-state index is 6.53. The number of halogens is 2. The predicted octanol–water partition coefficient (Wildman–Crippen LogP) is 5.62.